The van der Waals surface area contributed by atoms with Gasteiger partial charge in [-0.1, -0.05) is 30.3 Å². The fourth-order valence-electron chi connectivity index (χ4n) is 3.23. The smallest absolute Gasteiger partial charge is 0.307 e. The Balaban J connectivity index is 1.91. The van der Waals surface area contributed by atoms with Crippen LogP contribution in [0.5, 0.6) is 0 Å². The number of rotatable bonds is 5. The van der Waals surface area contributed by atoms with E-state index in [1.54, 1.807) is 6.92 Å². The number of hydrogen-bond acceptors (Lipinski definition) is 5. The molecule has 5 nitrogen and oxygen atoms in total. The third-order valence-corrected chi connectivity index (χ3v) is 6.00. The van der Waals surface area contributed by atoms with E-state index in [0.717, 1.165) is 5.56 Å². The SMILES string of the molecule is CO[C@@]1(C)O[C@@H]2[C@H](OCc3ccccc3)C=C(Br)C(F)(F)[C@H]2O[C@]1(C)OC. The Labute approximate surface area is 165 Å². The second kappa shape index (κ2) is 7.50. The number of methoxy groups -OCH3 is 2. The van der Waals surface area contributed by atoms with Gasteiger partial charge in [0.15, 0.2) is 6.10 Å². The maximum Gasteiger partial charge on any atom is 0.307 e. The van der Waals surface area contributed by atoms with Crippen LogP contribution in [0.2, 0.25) is 0 Å². The van der Waals surface area contributed by atoms with Crippen LogP contribution in [0.4, 0.5) is 8.78 Å². The molecule has 1 aliphatic heterocycles. The summed E-state index contributed by atoms with van der Waals surface area (Å²) in [5.41, 5.74) is 0.920. The summed E-state index contributed by atoms with van der Waals surface area (Å²) in [7, 11) is 2.77. The standard InChI is InChI=1S/C19H23BrF2O5/c1-17(23-3)18(2,24-4)27-16-15(26-17)13(10-14(20)19(16,21)22)25-11-12-8-6-5-7-9-12/h5-10,13,15-16H,11H2,1-4H3/t13-,15-,16+,17+,18+/m1/s1. The van der Waals surface area contributed by atoms with Gasteiger partial charge in [-0.15, -0.1) is 0 Å². The van der Waals surface area contributed by atoms with Crippen molar-refractivity contribution < 1.29 is 32.5 Å². The molecule has 1 aromatic rings. The molecule has 2 aliphatic rings. The number of hydrogen-bond donors (Lipinski definition) is 0. The Hall–Kier alpha value is -0.900. The molecule has 0 spiro atoms. The predicted molar refractivity (Wildman–Crippen MR) is 97.6 cm³/mol. The van der Waals surface area contributed by atoms with E-state index in [2.05, 4.69) is 15.9 Å². The van der Waals surface area contributed by atoms with Crippen LogP contribution in [0.3, 0.4) is 0 Å². The molecular formula is C19H23BrF2O5. The number of fused-ring (bicyclic) bond motifs is 1. The number of halogens is 3. The molecule has 0 aromatic heterocycles. The van der Waals surface area contributed by atoms with Crippen LogP contribution in [-0.4, -0.2) is 50.0 Å². The van der Waals surface area contributed by atoms with Crippen molar-refractivity contribution in [3.8, 4) is 0 Å². The van der Waals surface area contributed by atoms with E-state index in [9.17, 15) is 8.78 Å². The molecule has 0 radical (unpaired) electrons. The third-order valence-electron chi connectivity index (χ3n) is 5.21. The quantitative estimate of drug-likeness (QED) is 0.680. The lowest BCUT2D eigenvalue weighted by Crippen LogP contribution is -2.71. The maximum atomic E-state index is 14.8. The first-order valence-electron chi connectivity index (χ1n) is 8.54. The summed E-state index contributed by atoms with van der Waals surface area (Å²) in [5.74, 6) is -6.22. The Kier molecular flexibility index (Phi) is 5.78. The van der Waals surface area contributed by atoms with E-state index in [0.29, 0.717) is 0 Å². The average molecular weight is 449 g/mol. The molecule has 0 bridgehead atoms. The van der Waals surface area contributed by atoms with Crippen molar-refractivity contribution in [2.45, 2.75) is 56.3 Å². The zero-order chi connectivity index (χ0) is 19.9. The van der Waals surface area contributed by atoms with E-state index in [1.807, 2.05) is 30.3 Å². The van der Waals surface area contributed by atoms with Crippen LogP contribution in [0.25, 0.3) is 0 Å². The largest absolute Gasteiger partial charge is 0.367 e. The van der Waals surface area contributed by atoms with Gasteiger partial charge in [0, 0.05) is 14.2 Å². The topological polar surface area (TPSA) is 46.2 Å². The van der Waals surface area contributed by atoms with Crippen molar-refractivity contribution in [1.82, 2.24) is 0 Å². The monoisotopic (exact) mass is 448 g/mol. The minimum Gasteiger partial charge on any atom is -0.367 e. The van der Waals surface area contributed by atoms with Gasteiger partial charge < -0.3 is 23.7 Å². The molecule has 1 saturated heterocycles. The van der Waals surface area contributed by atoms with Crippen LogP contribution < -0.4 is 0 Å². The van der Waals surface area contributed by atoms with E-state index in [-0.39, 0.29) is 11.1 Å². The van der Waals surface area contributed by atoms with Gasteiger partial charge in [0.25, 0.3) is 0 Å². The van der Waals surface area contributed by atoms with Gasteiger partial charge in [0.1, 0.15) is 12.2 Å². The van der Waals surface area contributed by atoms with Gasteiger partial charge in [0.05, 0.1) is 11.1 Å². The number of benzene rings is 1. The molecule has 0 N–H and O–H groups in total. The van der Waals surface area contributed by atoms with Gasteiger partial charge in [-0.2, -0.15) is 8.78 Å². The summed E-state index contributed by atoms with van der Waals surface area (Å²) < 4.78 is 57.7. The first-order chi connectivity index (χ1) is 12.7. The first kappa shape index (κ1) is 20.8. The highest BCUT2D eigenvalue weighted by atomic mass is 79.9. The van der Waals surface area contributed by atoms with Crippen LogP contribution in [0.15, 0.2) is 40.9 Å². The van der Waals surface area contributed by atoms with Crippen LogP contribution in [-0.2, 0) is 30.3 Å². The Morgan fingerprint density at radius 1 is 1.04 bits per heavy atom. The molecule has 1 aliphatic carbocycles. The minimum atomic E-state index is -3.30. The molecule has 3 rings (SSSR count). The summed E-state index contributed by atoms with van der Waals surface area (Å²) in [5, 5.41) is 0. The number of alkyl halides is 2. The highest BCUT2D eigenvalue weighted by molar-refractivity contribution is 9.11. The van der Waals surface area contributed by atoms with Crippen molar-refractivity contribution in [2.24, 2.45) is 0 Å². The van der Waals surface area contributed by atoms with Crippen LogP contribution >= 0.6 is 15.9 Å². The fourth-order valence-corrected chi connectivity index (χ4v) is 3.71. The third kappa shape index (κ3) is 3.59. The molecule has 27 heavy (non-hydrogen) atoms. The van der Waals surface area contributed by atoms with Gasteiger partial charge >= 0.3 is 5.92 Å². The zero-order valence-electron chi connectivity index (χ0n) is 15.6. The predicted octanol–water partition coefficient (Wildman–Crippen LogP) is 4.01. The molecule has 0 amide bonds. The molecular weight excluding hydrogens is 426 g/mol. The summed E-state index contributed by atoms with van der Waals surface area (Å²) >= 11 is 2.97. The molecule has 0 unspecified atom stereocenters. The average Bonchev–Trinajstić information content (AvgIpc) is 2.66. The van der Waals surface area contributed by atoms with Crippen molar-refractivity contribution in [1.29, 1.82) is 0 Å². The van der Waals surface area contributed by atoms with Crippen molar-refractivity contribution in [2.75, 3.05) is 14.2 Å². The Bertz CT molecular complexity index is 701. The molecule has 0 saturated carbocycles. The lowest BCUT2D eigenvalue weighted by molar-refractivity contribution is -0.467. The lowest BCUT2D eigenvalue weighted by Gasteiger charge is -2.55. The lowest BCUT2D eigenvalue weighted by atomic mass is 9.91. The molecule has 150 valence electrons. The second-order valence-corrected chi connectivity index (χ2v) is 7.67. The number of ether oxygens (including phenoxy) is 5. The Morgan fingerprint density at radius 3 is 2.22 bits per heavy atom. The molecule has 5 atom stereocenters. The summed E-state index contributed by atoms with van der Waals surface area (Å²) in [6.45, 7) is 3.34. The van der Waals surface area contributed by atoms with Crippen LogP contribution in [0.1, 0.15) is 19.4 Å². The minimum absolute atomic E-state index is 0.242. The molecule has 8 heteroatoms. The van der Waals surface area contributed by atoms with Gasteiger partial charge in [0.2, 0.25) is 11.6 Å². The van der Waals surface area contributed by atoms with E-state index < -0.39 is 35.8 Å². The Morgan fingerprint density at radius 2 is 1.63 bits per heavy atom. The van der Waals surface area contributed by atoms with E-state index >= 15 is 0 Å². The highest BCUT2D eigenvalue weighted by Gasteiger charge is 2.65. The normalized spacial score (nSPS) is 38.2. The molecule has 1 heterocycles. The van der Waals surface area contributed by atoms with Crippen molar-refractivity contribution in [3.05, 3.63) is 46.5 Å². The molecule has 1 aromatic carbocycles. The maximum absolute atomic E-state index is 14.8. The second-order valence-electron chi connectivity index (χ2n) is 6.82. The molecule has 1 fully saturated rings. The van der Waals surface area contributed by atoms with Gasteiger partial charge in [-0.3, -0.25) is 0 Å². The summed E-state index contributed by atoms with van der Waals surface area (Å²) in [6, 6.07) is 9.45. The first-order valence-corrected chi connectivity index (χ1v) is 9.33. The summed E-state index contributed by atoms with van der Waals surface area (Å²) in [4.78, 5) is 0. The van der Waals surface area contributed by atoms with E-state index in [1.165, 1.54) is 27.2 Å². The zero-order valence-corrected chi connectivity index (χ0v) is 17.2. The summed E-state index contributed by atoms with van der Waals surface area (Å²) in [6.07, 6.45) is -2.14. The van der Waals surface area contributed by atoms with Crippen molar-refractivity contribution in [3.63, 3.8) is 0 Å². The van der Waals surface area contributed by atoms with Gasteiger partial charge in [-0.25, -0.2) is 0 Å². The highest BCUT2D eigenvalue weighted by Crippen LogP contribution is 2.50. The van der Waals surface area contributed by atoms with Crippen molar-refractivity contribution >= 4 is 15.9 Å². The van der Waals surface area contributed by atoms with Crippen LogP contribution in [0, 0.1) is 0 Å². The van der Waals surface area contributed by atoms with Gasteiger partial charge in [-0.05, 0) is 41.4 Å². The van der Waals surface area contributed by atoms with E-state index in [4.69, 9.17) is 23.7 Å². The fraction of sp³-hybridized carbons (Fsp3) is 0.579.